The number of anilines is 6. The monoisotopic (exact) mass is 818 g/mol. The van der Waals surface area contributed by atoms with Crippen molar-refractivity contribution in [2.24, 2.45) is 0 Å². The predicted octanol–water partition coefficient (Wildman–Crippen LogP) is 17.2. The van der Waals surface area contributed by atoms with Crippen LogP contribution in [0.1, 0.15) is 94.4 Å². The first-order chi connectivity index (χ1) is 30.6. The summed E-state index contributed by atoms with van der Waals surface area (Å²) < 4.78 is 13.4. The van der Waals surface area contributed by atoms with Gasteiger partial charge in [0.05, 0.1) is 24.6 Å². The second kappa shape index (κ2) is 22.4. The Labute approximate surface area is 370 Å². The van der Waals surface area contributed by atoms with E-state index in [4.69, 9.17) is 9.47 Å². The van der Waals surface area contributed by atoms with E-state index >= 15 is 0 Å². The number of benzene rings is 7. The molecule has 0 radical (unpaired) electrons. The molecular weight excluding hydrogens is 757 g/mol. The molecule has 0 spiro atoms. The molecule has 7 rings (SSSR count). The van der Waals surface area contributed by atoms with Crippen molar-refractivity contribution in [1.29, 1.82) is 0 Å². The maximum Gasteiger partial charge on any atom is 0.134 e. The van der Waals surface area contributed by atoms with Crippen molar-refractivity contribution in [2.75, 3.05) is 23.0 Å². The summed E-state index contributed by atoms with van der Waals surface area (Å²) in [5.41, 5.74) is 10.8. The van der Waals surface area contributed by atoms with Gasteiger partial charge in [0.15, 0.2) is 0 Å². The van der Waals surface area contributed by atoms with E-state index < -0.39 is 0 Å². The van der Waals surface area contributed by atoms with Gasteiger partial charge in [0.25, 0.3) is 0 Å². The molecule has 0 fully saturated rings. The van der Waals surface area contributed by atoms with E-state index in [1.807, 2.05) is 0 Å². The number of ether oxygens (including phenoxy) is 2. The fourth-order valence-electron chi connectivity index (χ4n) is 8.15. The van der Waals surface area contributed by atoms with Gasteiger partial charge in [0.2, 0.25) is 0 Å². The standard InChI is InChI=1S/C58H62N2O2/c1-5-8-10-24-41-61-57-45(4)35-39-54-53(57)40-38-46(58(54)62-42-25-11-9-6-2)36-37-48-44-55(59(49-27-16-12-17-28-49)50-29-18-13-19-30-50)47(26-7-3)43-56(48)60(51-31-20-14-21-32-51)52-33-22-15-23-34-52/h7,12-23,26-40,43-44H,5-6,8-11,24-25,41-42H2,1-4H3/b26-7+,37-36+. The van der Waals surface area contributed by atoms with E-state index in [0.717, 1.165) is 97.9 Å². The summed E-state index contributed by atoms with van der Waals surface area (Å²) in [5.74, 6) is 1.86. The highest BCUT2D eigenvalue weighted by Gasteiger charge is 2.22. The van der Waals surface area contributed by atoms with Gasteiger partial charge in [-0.05, 0) is 99.0 Å². The van der Waals surface area contributed by atoms with Crippen LogP contribution in [-0.2, 0) is 0 Å². The minimum atomic E-state index is 0.660. The number of para-hydroxylation sites is 4. The highest BCUT2D eigenvalue weighted by atomic mass is 16.5. The second-order valence-electron chi connectivity index (χ2n) is 15.9. The van der Waals surface area contributed by atoms with Crippen LogP contribution in [0.4, 0.5) is 34.1 Å². The molecule has 0 N–H and O–H groups in total. The quantitative estimate of drug-likeness (QED) is 0.0533. The lowest BCUT2D eigenvalue weighted by molar-refractivity contribution is 0.304. The van der Waals surface area contributed by atoms with Crippen molar-refractivity contribution in [3.8, 4) is 11.5 Å². The molecule has 316 valence electrons. The number of rotatable bonds is 21. The Bertz CT molecular complexity index is 2430. The fraction of sp³-hybridized carbons (Fsp3) is 0.241. The van der Waals surface area contributed by atoms with Crippen molar-refractivity contribution < 1.29 is 9.47 Å². The third-order valence-electron chi connectivity index (χ3n) is 11.3. The summed E-state index contributed by atoms with van der Waals surface area (Å²) in [4.78, 5) is 4.73. The Morgan fingerprint density at radius 2 is 0.823 bits per heavy atom. The van der Waals surface area contributed by atoms with Crippen LogP contribution < -0.4 is 19.3 Å². The second-order valence-corrected chi connectivity index (χ2v) is 15.9. The van der Waals surface area contributed by atoms with Crippen LogP contribution in [0.2, 0.25) is 0 Å². The molecular formula is C58H62N2O2. The lowest BCUT2D eigenvalue weighted by atomic mass is 9.98. The predicted molar refractivity (Wildman–Crippen MR) is 267 cm³/mol. The number of unbranched alkanes of at least 4 members (excludes halogenated alkanes) is 6. The van der Waals surface area contributed by atoms with E-state index in [9.17, 15) is 0 Å². The van der Waals surface area contributed by atoms with Crippen LogP contribution >= 0.6 is 0 Å². The lowest BCUT2D eigenvalue weighted by Crippen LogP contribution is -2.15. The summed E-state index contributed by atoms with van der Waals surface area (Å²) in [6.45, 7) is 10.1. The Hall–Kier alpha value is -6.52. The Kier molecular flexibility index (Phi) is 15.7. The van der Waals surface area contributed by atoms with Crippen molar-refractivity contribution in [3.05, 3.63) is 186 Å². The molecule has 0 saturated heterocycles. The molecule has 4 heteroatoms. The zero-order valence-electron chi connectivity index (χ0n) is 37.1. The Morgan fingerprint density at radius 3 is 1.27 bits per heavy atom. The average Bonchev–Trinajstić information content (AvgIpc) is 3.31. The van der Waals surface area contributed by atoms with Crippen LogP contribution in [0.25, 0.3) is 29.0 Å². The molecule has 7 aromatic carbocycles. The van der Waals surface area contributed by atoms with Crippen LogP contribution in [0, 0.1) is 6.92 Å². The van der Waals surface area contributed by atoms with E-state index in [1.54, 1.807) is 0 Å². The van der Waals surface area contributed by atoms with Gasteiger partial charge in [0, 0.05) is 50.2 Å². The molecule has 0 saturated carbocycles. The topological polar surface area (TPSA) is 24.9 Å². The third kappa shape index (κ3) is 10.7. The van der Waals surface area contributed by atoms with Gasteiger partial charge in [-0.2, -0.15) is 0 Å². The van der Waals surface area contributed by atoms with Gasteiger partial charge in [-0.15, -0.1) is 0 Å². The number of nitrogens with zero attached hydrogens (tertiary/aromatic N) is 2. The van der Waals surface area contributed by atoms with Gasteiger partial charge in [-0.25, -0.2) is 0 Å². The Morgan fingerprint density at radius 1 is 0.419 bits per heavy atom. The molecule has 0 bridgehead atoms. The van der Waals surface area contributed by atoms with Gasteiger partial charge < -0.3 is 19.3 Å². The number of allylic oxidation sites excluding steroid dienone is 1. The molecule has 0 aromatic heterocycles. The van der Waals surface area contributed by atoms with Crippen molar-refractivity contribution >= 4 is 63.1 Å². The van der Waals surface area contributed by atoms with Crippen molar-refractivity contribution in [3.63, 3.8) is 0 Å². The Balaban J connectivity index is 1.43. The average molecular weight is 819 g/mol. The molecule has 4 nitrogen and oxygen atoms in total. The maximum atomic E-state index is 6.85. The molecule has 0 aliphatic carbocycles. The fourth-order valence-corrected chi connectivity index (χ4v) is 8.15. The molecule has 0 unspecified atom stereocenters. The number of fused-ring (bicyclic) bond motifs is 1. The minimum Gasteiger partial charge on any atom is -0.493 e. The van der Waals surface area contributed by atoms with Gasteiger partial charge in [-0.3, -0.25) is 0 Å². The maximum absolute atomic E-state index is 6.85. The first-order valence-electron chi connectivity index (χ1n) is 22.7. The highest BCUT2D eigenvalue weighted by Crippen LogP contribution is 2.45. The summed E-state index contributed by atoms with van der Waals surface area (Å²) >= 11 is 0. The first kappa shape index (κ1) is 43.6. The number of hydrogen-bond acceptors (Lipinski definition) is 4. The molecule has 0 aliphatic rings. The SMILES string of the molecule is C/C=C/c1cc(N(c2ccccc2)c2ccccc2)c(/C=C/c2ccc3c(OCCCCCC)c(C)ccc3c2OCCCCCC)cc1N(c1ccccc1)c1ccccc1. The lowest BCUT2D eigenvalue weighted by Gasteiger charge is -2.31. The van der Waals surface area contributed by atoms with Crippen LogP contribution in [0.15, 0.2) is 164 Å². The van der Waals surface area contributed by atoms with Crippen LogP contribution in [0.5, 0.6) is 11.5 Å². The molecule has 0 heterocycles. The van der Waals surface area contributed by atoms with Crippen LogP contribution in [0.3, 0.4) is 0 Å². The minimum absolute atomic E-state index is 0.660. The molecule has 62 heavy (non-hydrogen) atoms. The summed E-state index contributed by atoms with van der Waals surface area (Å²) in [6.07, 6.45) is 18.1. The van der Waals surface area contributed by atoms with E-state index in [0.29, 0.717) is 13.2 Å². The number of aryl methyl sites for hydroxylation is 1. The zero-order valence-corrected chi connectivity index (χ0v) is 37.1. The van der Waals surface area contributed by atoms with Crippen molar-refractivity contribution in [2.45, 2.75) is 79.1 Å². The van der Waals surface area contributed by atoms with E-state index in [2.05, 4.69) is 220 Å². The summed E-state index contributed by atoms with van der Waals surface area (Å²) in [7, 11) is 0. The number of hydrogen-bond donors (Lipinski definition) is 0. The van der Waals surface area contributed by atoms with Crippen molar-refractivity contribution in [1.82, 2.24) is 0 Å². The van der Waals surface area contributed by atoms with Gasteiger partial charge in [-0.1, -0.05) is 168 Å². The van der Waals surface area contributed by atoms with E-state index in [-0.39, 0.29) is 0 Å². The third-order valence-corrected chi connectivity index (χ3v) is 11.3. The first-order valence-corrected chi connectivity index (χ1v) is 22.7. The zero-order chi connectivity index (χ0) is 42.9. The van der Waals surface area contributed by atoms with E-state index in [1.165, 1.54) is 32.1 Å². The smallest absolute Gasteiger partial charge is 0.134 e. The molecule has 0 amide bonds. The highest BCUT2D eigenvalue weighted by molar-refractivity contribution is 5.99. The molecule has 7 aromatic rings. The largest absolute Gasteiger partial charge is 0.493 e. The summed E-state index contributed by atoms with van der Waals surface area (Å²) in [5, 5.41) is 2.18. The molecule has 0 aliphatic heterocycles. The van der Waals surface area contributed by atoms with Gasteiger partial charge in [0.1, 0.15) is 11.5 Å². The van der Waals surface area contributed by atoms with Gasteiger partial charge >= 0.3 is 0 Å². The summed E-state index contributed by atoms with van der Waals surface area (Å²) in [6, 6.07) is 56.2. The van der Waals surface area contributed by atoms with Crippen LogP contribution in [-0.4, -0.2) is 13.2 Å². The molecule has 0 atom stereocenters. The normalized spacial score (nSPS) is 11.4.